The van der Waals surface area contributed by atoms with E-state index >= 15 is 0 Å². The molecule has 2 N–H and O–H groups in total. The van der Waals surface area contributed by atoms with Crippen LogP contribution in [0.15, 0.2) is 0 Å². The van der Waals surface area contributed by atoms with E-state index in [9.17, 15) is 15.0 Å². The van der Waals surface area contributed by atoms with Gasteiger partial charge in [0.05, 0.1) is 13.2 Å². The molecule has 1 saturated carbocycles. The van der Waals surface area contributed by atoms with Gasteiger partial charge in [0.1, 0.15) is 17.8 Å². The molecule has 2 aliphatic heterocycles. The molecule has 1 aliphatic carbocycles. The van der Waals surface area contributed by atoms with Gasteiger partial charge in [-0.3, -0.25) is 9.63 Å². The summed E-state index contributed by atoms with van der Waals surface area (Å²) in [6.45, 7) is 6.32. The van der Waals surface area contributed by atoms with Crippen molar-refractivity contribution in [2.45, 2.75) is 57.8 Å². The summed E-state index contributed by atoms with van der Waals surface area (Å²) in [6, 6.07) is -0.478. The zero-order valence-corrected chi connectivity index (χ0v) is 14.6. The summed E-state index contributed by atoms with van der Waals surface area (Å²) < 4.78 is 0. The molecule has 0 aromatic heterocycles. The van der Waals surface area contributed by atoms with Crippen molar-refractivity contribution in [3.8, 4) is 0 Å². The highest BCUT2D eigenvalue weighted by atomic mass is 16.7. The second-order valence-corrected chi connectivity index (χ2v) is 7.96. The Bertz CT molecular complexity index is 472. The molecular weight excluding hydrogens is 296 g/mol. The second-order valence-electron chi connectivity index (χ2n) is 7.96. The lowest BCUT2D eigenvalue weighted by Gasteiger charge is -2.52. The summed E-state index contributed by atoms with van der Waals surface area (Å²) in [5.74, 6) is 0.928. The minimum atomic E-state index is -0.496. The van der Waals surface area contributed by atoms with Crippen LogP contribution in [0.4, 0.5) is 0 Å². The van der Waals surface area contributed by atoms with E-state index in [0.717, 1.165) is 19.3 Å². The maximum Gasteiger partial charge on any atom is 0.244 e. The van der Waals surface area contributed by atoms with E-state index in [1.807, 2.05) is 17.0 Å². The average Bonchev–Trinajstić information content (AvgIpc) is 2.98. The molecule has 23 heavy (non-hydrogen) atoms. The lowest BCUT2D eigenvalue weighted by Crippen LogP contribution is -2.61. The predicted molar refractivity (Wildman–Crippen MR) is 85.0 cm³/mol. The first-order chi connectivity index (χ1) is 10.9. The number of amides is 1. The second kappa shape index (κ2) is 5.99. The number of aliphatic hydroxyl groups excluding tert-OH is 2. The Labute approximate surface area is 138 Å². The van der Waals surface area contributed by atoms with E-state index in [1.54, 1.807) is 0 Å². The van der Waals surface area contributed by atoms with Crippen molar-refractivity contribution < 1.29 is 19.8 Å². The van der Waals surface area contributed by atoms with Crippen LogP contribution in [0.3, 0.4) is 0 Å². The van der Waals surface area contributed by atoms with Gasteiger partial charge in [-0.2, -0.15) is 0 Å². The van der Waals surface area contributed by atoms with Gasteiger partial charge in [0.2, 0.25) is 5.91 Å². The molecule has 0 bridgehead atoms. The van der Waals surface area contributed by atoms with Gasteiger partial charge in [0.15, 0.2) is 0 Å². The van der Waals surface area contributed by atoms with Crippen molar-refractivity contribution >= 4 is 5.91 Å². The van der Waals surface area contributed by atoms with Crippen LogP contribution < -0.4 is 0 Å². The zero-order chi connectivity index (χ0) is 16.9. The molecule has 1 spiro atoms. The smallest absolute Gasteiger partial charge is 0.244 e. The number of carbonyl (C=O) groups is 1. The van der Waals surface area contributed by atoms with Crippen LogP contribution in [0.25, 0.3) is 0 Å². The number of nitrogens with zero attached hydrogens (tertiary/aromatic N) is 2. The molecule has 0 radical (unpaired) electrons. The number of aliphatic hydroxyl groups is 2. The maximum absolute atomic E-state index is 13.0. The molecule has 3 aliphatic rings. The Kier molecular flexibility index (Phi) is 4.46. The topological polar surface area (TPSA) is 73.2 Å². The van der Waals surface area contributed by atoms with Crippen LogP contribution in [-0.4, -0.2) is 64.2 Å². The van der Waals surface area contributed by atoms with Gasteiger partial charge in [-0.15, -0.1) is 5.06 Å². The molecule has 2 saturated heterocycles. The van der Waals surface area contributed by atoms with Gasteiger partial charge >= 0.3 is 0 Å². The molecule has 0 unspecified atom stereocenters. The first kappa shape index (κ1) is 17.1. The van der Waals surface area contributed by atoms with Gasteiger partial charge in [0.25, 0.3) is 0 Å². The number of fused-ring (bicyclic) bond motifs is 2. The standard InChI is InChI=1S/C17H30N2O4/c1-10(2)13-6-5-11(3)7-17(13)18(4)16(22)15-12(8-20)14(9-21)23-19(15)17/h10-15,20-21H,5-9H2,1-4H3/t11-,12+,13+,14-,15+,17+/m1/s1. The Morgan fingerprint density at radius 2 is 2.00 bits per heavy atom. The molecule has 1 amide bonds. The summed E-state index contributed by atoms with van der Waals surface area (Å²) in [6.07, 6.45) is 2.61. The van der Waals surface area contributed by atoms with Crippen molar-refractivity contribution in [1.29, 1.82) is 0 Å². The fraction of sp³-hybridized carbons (Fsp3) is 0.941. The van der Waals surface area contributed by atoms with Crippen LogP contribution in [0.2, 0.25) is 0 Å². The highest BCUT2D eigenvalue weighted by Crippen LogP contribution is 2.53. The Balaban J connectivity index is 2.05. The molecule has 3 rings (SSSR count). The van der Waals surface area contributed by atoms with Crippen molar-refractivity contribution in [1.82, 2.24) is 9.96 Å². The molecule has 6 heteroatoms. The van der Waals surface area contributed by atoms with Gasteiger partial charge in [-0.25, -0.2) is 0 Å². The fourth-order valence-electron chi connectivity index (χ4n) is 5.17. The van der Waals surface area contributed by atoms with Gasteiger partial charge in [-0.05, 0) is 24.7 Å². The van der Waals surface area contributed by atoms with E-state index < -0.39 is 17.8 Å². The highest BCUT2D eigenvalue weighted by molar-refractivity contribution is 5.85. The van der Waals surface area contributed by atoms with Crippen LogP contribution in [0.1, 0.15) is 40.0 Å². The van der Waals surface area contributed by atoms with Crippen LogP contribution in [0.5, 0.6) is 0 Å². The fourth-order valence-corrected chi connectivity index (χ4v) is 5.17. The Hall–Kier alpha value is -0.690. The van der Waals surface area contributed by atoms with Gasteiger partial charge < -0.3 is 15.1 Å². The van der Waals surface area contributed by atoms with Gasteiger partial charge in [-0.1, -0.05) is 27.2 Å². The quantitative estimate of drug-likeness (QED) is 0.804. The maximum atomic E-state index is 13.0. The Morgan fingerprint density at radius 3 is 2.57 bits per heavy atom. The first-order valence-corrected chi connectivity index (χ1v) is 8.84. The number of hydrogen-bond acceptors (Lipinski definition) is 5. The molecular formula is C17H30N2O4. The first-order valence-electron chi connectivity index (χ1n) is 8.84. The third kappa shape index (κ3) is 2.26. The summed E-state index contributed by atoms with van der Waals surface area (Å²) in [5.41, 5.74) is -0.453. The number of carbonyl (C=O) groups excluding carboxylic acids is 1. The van der Waals surface area contributed by atoms with Gasteiger partial charge in [0, 0.05) is 18.9 Å². The predicted octanol–water partition coefficient (Wildman–Crippen LogP) is 0.832. The molecule has 6 nitrogen and oxygen atoms in total. The lowest BCUT2D eigenvalue weighted by atomic mass is 9.69. The summed E-state index contributed by atoms with van der Waals surface area (Å²) in [5, 5.41) is 21.2. The minimum absolute atomic E-state index is 0.0137. The highest BCUT2D eigenvalue weighted by Gasteiger charge is 2.67. The Morgan fingerprint density at radius 1 is 1.30 bits per heavy atom. The number of hydrogen-bond donors (Lipinski definition) is 2. The van der Waals surface area contributed by atoms with E-state index in [0.29, 0.717) is 17.8 Å². The van der Waals surface area contributed by atoms with E-state index in [4.69, 9.17) is 4.84 Å². The van der Waals surface area contributed by atoms with Crippen molar-refractivity contribution in [3.05, 3.63) is 0 Å². The third-order valence-electron chi connectivity index (χ3n) is 6.34. The lowest BCUT2D eigenvalue weighted by molar-refractivity contribution is -0.267. The number of hydroxylamine groups is 2. The molecule has 3 fully saturated rings. The van der Waals surface area contributed by atoms with E-state index in [1.165, 1.54) is 0 Å². The normalized spacial score (nSPS) is 44.6. The molecule has 0 aromatic carbocycles. The summed E-state index contributed by atoms with van der Waals surface area (Å²) >= 11 is 0. The van der Waals surface area contributed by atoms with Crippen molar-refractivity contribution in [3.63, 3.8) is 0 Å². The van der Waals surface area contributed by atoms with E-state index in [2.05, 4.69) is 20.8 Å². The SMILES string of the molecule is CC(C)[C@@H]1CC[C@@H](C)C[C@@]12N(C)C(=O)[C@@H]1[C@@H](CO)[C@@H](CO)ON12. The van der Waals surface area contributed by atoms with Crippen molar-refractivity contribution in [2.24, 2.45) is 23.7 Å². The minimum Gasteiger partial charge on any atom is -0.396 e. The summed E-state index contributed by atoms with van der Waals surface area (Å²) in [4.78, 5) is 20.9. The van der Waals surface area contributed by atoms with E-state index in [-0.39, 0.29) is 25.0 Å². The largest absolute Gasteiger partial charge is 0.396 e. The summed E-state index contributed by atoms with van der Waals surface area (Å²) in [7, 11) is 1.87. The molecule has 132 valence electrons. The number of likely N-dealkylation sites (N-methyl/N-ethyl adjacent to an activating group) is 1. The third-order valence-corrected chi connectivity index (χ3v) is 6.34. The van der Waals surface area contributed by atoms with Crippen LogP contribution in [-0.2, 0) is 9.63 Å². The molecule has 0 aromatic rings. The van der Waals surface area contributed by atoms with Crippen molar-refractivity contribution in [2.75, 3.05) is 20.3 Å². The van der Waals surface area contributed by atoms with Crippen LogP contribution in [0, 0.1) is 23.7 Å². The number of rotatable bonds is 3. The molecule has 2 heterocycles. The zero-order valence-electron chi connectivity index (χ0n) is 14.6. The monoisotopic (exact) mass is 326 g/mol. The average molecular weight is 326 g/mol. The van der Waals surface area contributed by atoms with Crippen LogP contribution >= 0.6 is 0 Å². The molecule has 6 atom stereocenters.